The van der Waals surface area contributed by atoms with Crippen LogP contribution in [0.15, 0.2) is 18.2 Å². The number of nitrogen functional groups attached to an aromatic ring is 1. The molecule has 37 heavy (non-hydrogen) atoms. The third kappa shape index (κ3) is 6.56. The van der Waals surface area contributed by atoms with Crippen molar-refractivity contribution in [2.75, 3.05) is 56.5 Å². The molecule has 2 saturated heterocycles. The van der Waals surface area contributed by atoms with E-state index in [0.717, 1.165) is 57.5 Å². The van der Waals surface area contributed by atoms with Crippen molar-refractivity contribution in [3.8, 4) is 5.75 Å². The number of aliphatic hydroxyl groups is 1. The molecular formula is C25H35Cl2N7O3. The summed E-state index contributed by atoms with van der Waals surface area (Å²) in [4.78, 5) is 28.0. The van der Waals surface area contributed by atoms with Gasteiger partial charge in [-0.05, 0) is 44.5 Å². The Bertz CT molecular complexity index is 1100. The summed E-state index contributed by atoms with van der Waals surface area (Å²) >= 11 is 12.4. The minimum absolute atomic E-state index is 0.0180. The van der Waals surface area contributed by atoms with E-state index in [2.05, 4.69) is 36.9 Å². The predicted molar refractivity (Wildman–Crippen MR) is 145 cm³/mol. The lowest BCUT2D eigenvalue weighted by Gasteiger charge is -2.47. The van der Waals surface area contributed by atoms with Crippen LogP contribution in [-0.2, 0) is 6.54 Å². The minimum atomic E-state index is -0.513. The van der Waals surface area contributed by atoms with Crippen LogP contribution in [0.2, 0.25) is 10.2 Å². The number of likely N-dealkylation sites (tertiary alicyclic amines) is 1. The van der Waals surface area contributed by atoms with Crippen molar-refractivity contribution in [2.45, 2.75) is 44.8 Å². The zero-order chi connectivity index (χ0) is 26.5. The number of carbonyl (C=O) groups is 1. The Balaban J connectivity index is 1.36. The van der Waals surface area contributed by atoms with Crippen molar-refractivity contribution in [3.63, 3.8) is 0 Å². The number of carbonyl (C=O) groups excluding carboxylic acids is 1. The van der Waals surface area contributed by atoms with Crippen LogP contribution in [-0.4, -0.2) is 93.8 Å². The number of anilines is 2. The van der Waals surface area contributed by atoms with Gasteiger partial charge in [0.05, 0.1) is 6.61 Å². The summed E-state index contributed by atoms with van der Waals surface area (Å²) in [7, 11) is 0. The zero-order valence-corrected chi connectivity index (χ0v) is 22.5. The van der Waals surface area contributed by atoms with E-state index in [9.17, 15) is 9.90 Å². The minimum Gasteiger partial charge on any atom is -0.508 e. The second-order valence-corrected chi connectivity index (χ2v) is 10.4. The number of nitrogens with one attached hydrogen (secondary N) is 1. The third-order valence-electron chi connectivity index (χ3n) is 7.24. The van der Waals surface area contributed by atoms with Gasteiger partial charge in [-0.2, -0.15) is 0 Å². The van der Waals surface area contributed by atoms with Gasteiger partial charge in [-0.25, -0.2) is 9.97 Å². The Morgan fingerprint density at radius 3 is 2.62 bits per heavy atom. The molecule has 2 fully saturated rings. The van der Waals surface area contributed by atoms with E-state index < -0.39 is 5.91 Å². The first-order valence-electron chi connectivity index (χ1n) is 12.7. The Kier molecular flexibility index (Phi) is 9.31. The number of piperidine rings is 1. The summed E-state index contributed by atoms with van der Waals surface area (Å²) in [6, 6.07) is 6.13. The first-order chi connectivity index (χ1) is 17.8. The van der Waals surface area contributed by atoms with Crippen molar-refractivity contribution in [1.82, 2.24) is 25.1 Å². The van der Waals surface area contributed by atoms with E-state index in [1.807, 2.05) is 12.1 Å². The molecule has 2 aliphatic rings. The molecule has 5 N–H and O–H groups in total. The standard InChI is InChI=1S/C25H35Cl2N7O3/c1-2-18-15-33(24-22(27)30-21(23(28)31-24)25(37)29-7-12-35)10-11-34(18)19-5-8-32(9-6-19)14-16-3-4-17(26)13-20(16)36/h3-4,13,18-19,35-36H,2,5-12,14-15H2,1H3,(H2,28,31)(H,29,37)/t18-/m0/s1. The number of halogens is 2. The number of aliphatic hydroxyl groups excluding tert-OH is 1. The monoisotopic (exact) mass is 551 g/mol. The number of phenols is 1. The van der Waals surface area contributed by atoms with Crippen molar-refractivity contribution in [1.29, 1.82) is 0 Å². The highest BCUT2D eigenvalue weighted by molar-refractivity contribution is 6.32. The number of phenolic OH excluding ortho intramolecular Hbond substituents is 1. The highest BCUT2D eigenvalue weighted by atomic mass is 35.5. The lowest BCUT2D eigenvalue weighted by atomic mass is 9.97. The third-order valence-corrected chi connectivity index (χ3v) is 7.73. The Hall–Kier alpha value is -2.37. The molecule has 1 aromatic heterocycles. The number of rotatable bonds is 8. The van der Waals surface area contributed by atoms with E-state index in [1.54, 1.807) is 6.07 Å². The summed E-state index contributed by atoms with van der Waals surface area (Å²) in [5, 5.41) is 22.3. The van der Waals surface area contributed by atoms with Crippen LogP contribution in [0.5, 0.6) is 5.75 Å². The largest absolute Gasteiger partial charge is 0.508 e. The van der Waals surface area contributed by atoms with Gasteiger partial charge in [-0.3, -0.25) is 14.6 Å². The van der Waals surface area contributed by atoms with E-state index >= 15 is 0 Å². The number of hydrogen-bond acceptors (Lipinski definition) is 9. The summed E-state index contributed by atoms with van der Waals surface area (Å²) in [5.41, 5.74) is 6.91. The molecule has 2 aromatic rings. The van der Waals surface area contributed by atoms with Crippen LogP contribution in [0.3, 0.4) is 0 Å². The van der Waals surface area contributed by atoms with E-state index in [-0.39, 0.29) is 35.6 Å². The summed E-state index contributed by atoms with van der Waals surface area (Å²) in [6.07, 6.45) is 3.11. The molecule has 10 nitrogen and oxygen atoms in total. The van der Waals surface area contributed by atoms with E-state index in [4.69, 9.17) is 34.0 Å². The summed E-state index contributed by atoms with van der Waals surface area (Å²) < 4.78 is 0. The van der Waals surface area contributed by atoms with E-state index in [1.165, 1.54) is 0 Å². The molecule has 1 aromatic carbocycles. The van der Waals surface area contributed by atoms with E-state index in [0.29, 0.717) is 29.5 Å². The van der Waals surface area contributed by atoms with Gasteiger partial charge in [0.15, 0.2) is 22.5 Å². The van der Waals surface area contributed by atoms with Crippen LogP contribution in [0.25, 0.3) is 0 Å². The second kappa shape index (κ2) is 12.4. The molecule has 3 heterocycles. The number of piperazine rings is 1. The lowest BCUT2D eigenvalue weighted by molar-refractivity contribution is 0.0608. The maximum absolute atomic E-state index is 12.2. The van der Waals surface area contributed by atoms with Gasteiger partial charge >= 0.3 is 0 Å². The highest BCUT2D eigenvalue weighted by Crippen LogP contribution is 2.30. The number of aromatic hydroxyl groups is 1. The molecule has 0 radical (unpaired) electrons. The van der Waals surface area contributed by atoms with Crippen LogP contribution in [0.4, 0.5) is 11.6 Å². The smallest absolute Gasteiger partial charge is 0.273 e. The molecule has 0 spiro atoms. The van der Waals surface area contributed by atoms with Gasteiger partial charge in [-0.15, -0.1) is 0 Å². The number of nitrogens with zero attached hydrogens (tertiary/aromatic N) is 5. The topological polar surface area (TPSA) is 131 Å². The fourth-order valence-electron chi connectivity index (χ4n) is 5.27. The molecule has 0 saturated carbocycles. The van der Waals surface area contributed by atoms with Crippen LogP contribution in [0, 0.1) is 0 Å². The SMILES string of the molecule is CC[C@H]1CN(c2nc(N)c(C(=O)NCCO)nc2Cl)CCN1C1CCN(Cc2ccc(Cl)cc2O)CC1. The molecular weight excluding hydrogens is 517 g/mol. The van der Waals surface area contributed by atoms with Gasteiger partial charge in [-0.1, -0.05) is 36.2 Å². The van der Waals surface area contributed by atoms with Gasteiger partial charge in [0.2, 0.25) is 0 Å². The molecule has 12 heteroatoms. The molecule has 2 aliphatic heterocycles. The highest BCUT2D eigenvalue weighted by Gasteiger charge is 2.34. The summed E-state index contributed by atoms with van der Waals surface area (Å²) in [5.74, 6) is 0.248. The first kappa shape index (κ1) is 27.7. The molecule has 0 unspecified atom stereocenters. The van der Waals surface area contributed by atoms with Crippen molar-refractivity contribution >= 4 is 40.7 Å². The zero-order valence-electron chi connectivity index (χ0n) is 21.0. The quantitative estimate of drug-likeness (QED) is 0.390. The predicted octanol–water partition coefficient (Wildman–Crippen LogP) is 2.36. The Morgan fingerprint density at radius 2 is 1.95 bits per heavy atom. The van der Waals surface area contributed by atoms with Gasteiger partial charge < -0.3 is 26.2 Å². The average Bonchev–Trinajstić information content (AvgIpc) is 2.90. The van der Waals surface area contributed by atoms with Gasteiger partial charge in [0.25, 0.3) is 5.91 Å². The molecule has 1 amide bonds. The number of benzene rings is 1. The summed E-state index contributed by atoms with van der Waals surface area (Å²) in [6.45, 7) is 7.12. The van der Waals surface area contributed by atoms with Crippen molar-refractivity contribution < 1.29 is 15.0 Å². The second-order valence-electron chi connectivity index (χ2n) is 9.58. The van der Waals surface area contributed by atoms with Crippen LogP contribution >= 0.6 is 23.2 Å². The fraction of sp³-hybridized carbons (Fsp3) is 0.560. The maximum Gasteiger partial charge on any atom is 0.273 e. The number of hydrogen-bond donors (Lipinski definition) is 4. The first-order valence-corrected chi connectivity index (χ1v) is 13.5. The van der Waals surface area contributed by atoms with Crippen LogP contribution < -0.4 is 16.0 Å². The Morgan fingerprint density at radius 1 is 1.19 bits per heavy atom. The average molecular weight is 553 g/mol. The number of nitrogens with two attached hydrogens (primary N) is 1. The van der Waals surface area contributed by atoms with Gasteiger partial charge in [0.1, 0.15) is 5.75 Å². The molecule has 0 bridgehead atoms. The number of aromatic nitrogens is 2. The van der Waals surface area contributed by atoms with Crippen molar-refractivity contribution in [2.24, 2.45) is 0 Å². The normalized spacial score (nSPS) is 19.8. The Labute approximate surface area is 227 Å². The van der Waals surface area contributed by atoms with Gasteiger partial charge in [0, 0.05) is 55.4 Å². The fourth-order valence-corrected chi connectivity index (χ4v) is 5.68. The van der Waals surface area contributed by atoms with Crippen LogP contribution in [0.1, 0.15) is 42.2 Å². The molecule has 1 atom stereocenters. The molecule has 4 rings (SSSR count). The van der Waals surface area contributed by atoms with Crippen molar-refractivity contribution in [3.05, 3.63) is 39.6 Å². The molecule has 202 valence electrons. The number of amides is 1. The lowest BCUT2D eigenvalue weighted by Crippen LogP contribution is -2.58. The maximum atomic E-state index is 12.2. The molecule has 0 aliphatic carbocycles.